The lowest BCUT2D eigenvalue weighted by Crippen LogP contribution is -2.63. The fourth-order valence-corrected chi connectivity index (χ4v) is 14.8. The summed E-state index contributed by atoms with van der Waals surface area (Å²) in [5.41, 5.74) is 35.6. The number of nitrogens with two attached hydrogens (primary N) is 6. The van der Waals surface area contributed by atoms with Gasteiger partial charge < -0.3 is 160 Å². The van der Waals surface area contributed by atoms with E-state index in [1.54, 1.807) is 58.2 Å². The van der Waals surface area contributed by atoms with E-state index >= 15 is 14.4 Å². The highest BCUT2D eigenvalue weighted by Crippen LogP contribution is 2.22. The lowest BCUT2D eigenvalue weighted by atomic mass is 9.98. The first-order valence-electron chi connectivity index (χ1n) is 46.4. The van der Waals surface area contributed by atoms with Crippen LogP contribution in [0, 0.1) is 34.0 Å². The smallest absolute Gasteiger partial charge is 0.245 e. The van der Waals surface area contributed by atoms with Gasteiger partial charge in [0.25, 0.3) is 0 Å². The molecule has 0 bridgehead atoms. The van der Waals surface area contributed by atoms with Gasteiger partial charge in [-0.25, -0.2) is 4.98 Å². The summed E-state index contributed by atoms with van der Waals surface area (Å²) in [5, 5.41) is 111. The fraction of sp³-hybridized carbons (Fsp3) is 0.516. The zero-order valence-corrected chi connectivity index (χ0v) is 81.1. The molecule has 0 saturated carbocycles. The number of aromatic amines is 2. The zero-order valence-electron chi connectivity index (χ0n) is 81.1. The molecule has 2 aromatic heterocycles. The van der Waals surface area contributed by atoms with Gasteiger partial charge in [-0.3, -0.25) is 103 Å². The molecule has 0 saturated heterocycles. The molecule has 5 aromatic rings. The summed E-state index contributed by atoms with van der Waals surface area (Å²) >= 11 is 0. The van der Waals surface area contributed by atoms with Gasteiger partial charge >= 0.3 is 0 Å². The minimum absolute atomic E-state index is 0.00509. The SMILES string of the molecule is CC(=O)N[C@@H](C)C(=O)N[C@@H](CO)C(=O)N[C@@H](Cc1c[nH]c2ccccc12)C(=O)N[C@@H](CCCNC(=N)N)C(=O)N[C@@H](Cc1c[nH]cn1)C(=O)N[C@@H](Cc1ccc(O)cc1)C(=O)N[C@@H](CC(C)C)C(=O)N[C@@H](CC(N)=O)C(=O)N[C@@H](CC(C)C)C(=O)N[C@H](C(=O)N[C@H](C(=O)N[C@@H](CCCNC(=N)N)C(=O)N[C@@H](CCC(N)=O)C(=O)N[C@@H](CCCNC(=N)N)C(=O)N[C@@H](Cc1ccc(O)cc1)C(N)=O)[C@@H](C)O)C(C)C. The van der Waals surface area contributed by atoms with Gasteiger partial charge in [-0.05, 0) is 136 Å². The third-order valence-corrected chi connectivity index (χ3v) is 22.2. The second kappa shape index (κ2) is 58.9. The molecule has 143 heavy (non-hydrogen) atoms. The average Bonchev–Trinajstić information content (AvgIpc) is 1.81. The Kier molecular flexibility index (Phi) is 48.5. The van der Waals surface area contributed by atoms with Gasteiger partial charge in [-0.15, -0.1) is 0 Å². The van der Waals surface area contributed by atoms with Crippen molar-refractivity contribution in [2.75, 3.05) is 26.2 Å². The van der Waals surface area contributed by atoms with E-state index in [4.69, 9.17) is 50.6 Å². The van der Waals surface area contributed by atoms with Gasteiger partial charge in [0.05, 0.1) is 31.2 Å². The largest absolute Gasteiger partial charge is 0.508 e. The number of hydrogen-bond acceptors (Lipinski definition) is 26. The summed E-state index contributed by atoms with van der Waals surface area (Å²) in [4.78, 5) is 264. The first-order valence-corrected chi connectivity index (χ1v) is 46.4. The third kappa shape index (κ3) is 42.0. The highest BCUT2D eigenvalue weighted by Gasteiger charge is 2.41. The third-order valence-electron chi connectivity index (χ3n) is 22.2. The predicted octanol–water partition coefficient (Wildman–Crippen LogP) is -7.58. The number of aromatic hydroxyl groups is 2. The molecule has 784 valence electrons. The molecule has 0 aliphatic heterocycles. The number of phenols is 2. The number of carbonyl (C=O) groups is 18. The second-order valence-electron chi connectivity index (χ2n) is 35.7. The Labute approximate surface area is 824 Å². The van der Waals surface area contributed by atoms with Crippen LogP contribution in [0.4, 0.5) is 0 Å². The monoisotopic (exact) mass is 2000 g/mol. The number of fused-ring (bicyclic) bond motifs is 1. The number of hydrogen-bond donors (Lipinski definition) is 33. The number of nitrogens with one attached hydrogen (secondary N) is 23. The van der Waals surface area contributed by atoms with Crippen molar-refractivity contribution < 1.29 is 107 Å². The Bertz CT molecular complexity index is 5210. The molecule has 52 nitrogen and oxygen atoms in total. The number of amides is 18. The number of rotatable bonds is 62. The van der Waals surface area contributed by atoms with Crippen LogP contribution in [0.25, 0.3) is 10.9 Å². The Morgan fingerprint density at radius 1 is 0.385 bits per heavy atom. The van der Waals surface area contributed by atoms with E-state index in [0.717, 1.165) is 13.8 Å². The first-order chi connectivity index (χ1) is 67.4. The van der Waals surface area contributed by atoms with Crippen LogP contribution in [0.15, 0.2) is 91.5 Å². The molecule has 5 rings (SSSR count). The van der Waals surface area contributed by atoms with Crippen molar-refractivity contribution >= 4 is 135 Å². The quantitative estimate of drug-likeness (QED) is 0.00977. The number of aliphatic hydroxyl groups excluding tert-OH is 2. The van der Waals surface area contributed by atoms with Gasteiger partial charge in [0, 0.05) is 82.0 Å². The Hall–Kier alpha value is -15.8. The summed E-state index contributed by atoms with van der Waals surface area (Å²) in [6.45, 7) is 12.1. The van der Waals surface area contributed by atoms with Crippen LogP contribution in [0.2, 0.25) is 0 Å². The standard InChI is InChI=1S/C91H138N30O22/c1-44(2)33-63(113-81(136)65(36-51-22-26-55(126)27-23-51)115-83(138)67(38-53-41-101-43-106-53)117-78(133)59(18-13-31-103-90(97)98)109-82(137)66(37-52-40-105-57-16-11-10-15-56(52)57)116-86(141)69(42-122)119-75(130)47(7)107-49(9)124)80(135)118-68(39-71(93)128)84(139)114-64(34-45(3)4)85(140)120-72(46(5)6)87(142)121-73(48(8)123)88(143)111-60(19-14-32-104-91(99)100)76(131)110-61(28-29-70(92)127)79(134)108-58(17-12-30-102-89(95)96)77(132)112-62(74(94)129)35-50-20-24-54(125)25-21-50/h10-11,15-16,20-27,40-41,43-48,58-69,72-73,105,122-123,125-126H,12-14,17-19,28-39,42H2,1-9H3,(H2,92,127)(H2,93,128)(H2,94,129)(H,101,106)(H,107,124)(H,108,134)(H,109,137)(H,110,131)(H,111,143)(H,112,132)(H,113,136)(H,114,139)(H,115,138)(H,116,141)(H,117,133)(H,118,135)(H,119,130)(H,120,140)(H,121,142)(H4,95,96,102)(H4,97,98,103)(H4,99,100,104)/t47-,48+,58-,59-,60-,61-,62-,63-,64-,65-,66-,67-,68-,69-,72-,73-/m0/s1. The highest BCUT2D eigenvalue weighted by molar-refractivity contribution is 6.02. The number of H-pyrrole nitrogens is 2. The van der Waals surface area contributed by atoms with Crippen LogP contribution in [0.1, 0.15) is 155 Å². The maximum Gasteiger partial charge on any atom is 0.245 e. The number of guanidine groups is 3. The maximum absolute atomic E-state index is 15.2. The van der Waals surface area contributed by atoms with Gasteiger partial charge in [0.1, 0.15) is 102 Å². The molecule has 52 heteroatoms. The van der Waals surface area contributed by atoms with Crippen LogP contribution in [0.5, 0.6) is 11.5 Å². The first kappa shape index (κ1) is 118. The average molecular weight is 2000 g/mol. The molecule has 18 amide bonds. The Balaban J connectivity index is 1.42. The van der Waals surface area contributed by atoms with E-state index in [0.29, 0.717) is 27.6 Å². The predicted molar refractivity (Wildman–Crippen MR) is 520 cm³/mol. The van der Waals surface area contributed by atoms with Crippen molar-refractivity contribution in [1.82, 2.24) is 111 Å². The zero-order chi connectivity index (χ0) is 107. The van der Waals surface area contributed by atoms with Crippen LogP contribution in [-0.4, -0.2) is 283 Å². The van der Waals surface area contributed by atoms with E-state index in [-0.39, 0.29) is 101 Å². The summed E-state index contributed by atoms with van der Waals surface area (Å²) in [7, 11) is 0. The molecule has 3 aromatic carbocycles. The number of aliphatic hydroxyl groups is 2. The molecule has 0 spiro atoms. The molecule has 0 aliphatic rings. The number of aromatic nitrogens is 3. The van der Waals surface area contributed by atoms with Crippen LogP contribution in [-0.2, 0) is 112 Å². The Morgan fingerprint density at radius 3 is 1.16 bits per heavy atom. The van der Waals surface area contributed by atoms with Crippen LogP contribution >= 0.6 is 0 Å². The summed E-state index contributed by atoms with van der Waals surface area (Å²) in [6.07, 6.45) is -1.99. The lowest BCUT2D eigenvalue weighted by molar-refractivity contribution is -0.138. The van der Waals surface area contributed by atoms with E-state index in [9.17, 15) is 92.3 Å². The molecular weight excluding hydrogens is 1870 g/mol. The molecule has 0 unspecified atom stereocenters. The van der Waals surface area contributed by atoms with Gasteiger partial charge in [0.15, 0.2) is 17.9 Å². The Morgan fingerprint density at radius 2 is 0.748 bits per heavy atom. The van der Waals surface area contributed by atoms with E-state index in [1.807, 2.05) is 0 Å². The molecule has 0 fully saturated rings. The molecule has 0 radical (unpaired) electrons. The molecule has 16 atom stereocenters. The van der Waals surface area contributed by atoms with E-state index in [1.165, 1.54) is 81.8 Å². The lowest BCUT2D eigenvalue weighted by Gasteiger charge is -2.30. The normalized spacial score (nSPS) is 14.5. The van der Waals surface area contributed by atoms with Gasteiger partial charge in [0.2, 0.25) is 106 Å². The van der Waals surface area contributed by atoms with Gasteiger partial charge in [-0.1, -0.05) is 84.0 Å². The van der Waals surface area contributed by atoms with Crippen molar-refractivity contribution in [3.05, 3.63) is 114 Å². The number of carbonyl (C=O) groups excluding carboxylic acids is 18. The number of phenolic OH excluding ortho intramolecular Hbond substituents is 2. The molecule has 2 heterocycles. The topological polar surface area (TPSA) is 877 Å². The fourth-order valence-electron chi connectivity index (χ4n) is 14.8. The number of benzene rings is 3. The van der Waals surface area contributed by atoms with Crippen molar-refractivity contribution in [1.29, 1.82) is 16.2 Å². The summed E-state index contributed by atoms with van der Waals surface area (Å²) in [6, 6.07) is -6.58. The van der Waals surface area contributed by atoms with E-state index < -0.39 is 277 Å². The maximum atomic E-state index is 15.2. The number of primary amides is 3. The summed E-state index contributed by atoms with van der Waals surface area (Å²) < 4.78 is 0. The van der Waals surface area contributed by atoms with Crippen LogP contribution < -0.4 is 130 Å². The molecule has 0 aliphatic carbocycles. The van der Waals surface area contributed by atoms with Gasteiger partial charge in [-0.2, -0.15) is 0 Å². The minimum atomic E-state index is -1.97. The minimum Gasteiger partial charge on any atom is -0.508 e. The van der Waals surface area contributed by atoms with Crippen LogP contribution in [0.3, 0.4) is 0 Å². The number of para-hydroxylation sites is 1. The molecule has 39 N–H and O–H groups in total. The molecular formula is C91H138N30O22. The van der Waals surface area contributed by atoms with Crippen molar-refractivity contribution in [2.45, 2.75) is 255 Å². The van der Waals surface area contributed by atoms with E-state index in [2.05, 4.69) is 111 Å². The second-order valence-corrected chi connectivity index (χ2v) is 35.7. The number of nitrogens with zero attached hydrogens (tertiary/aromatic N) is 1. The number of imidazole rings is 1. The summed E-state index contributed by atoms with van der Waals surface area (Å²) in [5.74, 6) is -22.0. The van der Waals surface area contributed by atoms with Crippen molar-refractivity contribution in [3.63, 3.8) is 0 Å². The highest BCUT2D eigenvalue weighted by atomic mass is 16.3. The van der Waals surface area contributed by atoms with Crippen molar-refractivity contribution in [2.24, 2.45) is 52.2 Å². The van der Waals surface area contributed by atoms with Crippen molar-refractivity contribution in [3.8, 4) is 11.5 Å².